The van der Waals surface area contributed by atoms with Crippen molar-refractivity contribution in [3.05, 3.63) is 5.21 Å². The van der Waals surface area contributed by atoms with E-state index in [9.17, 15) is 5.21 Å². The molecule has 0 rings (SSSR count). The van der Waals surface area contributed by atoms with Crippen molar-refractivity contribution in [1.29, 1.82) is 0 Å². The van der Waals surface area contributed by atoms with Crippen molar-refractivity contribution in [1.82, 2.24) is 5.48 Å². The molecular weight excluding hydrogens is 326 g/mol. The van der Waals surface area contributed by atoms with E-state index in [-0.39, 0.29) is 13.2 Å². The normalized spacial score (nSPS) is 11.5. The molecule has 0 fully saturated rings. The Morgan fingerprint density at radius 3 is 1.19 bits per heavy atom. The highest BCUT2D eigenvalue weighted by Gasteiger charge is 2.06. The van der Waals surface area contributed by atoms with E-state index in [4.69, 9.17) is 10.2 Å². The molecule has 0 aliphatic rings. The van der Waals surface area contributed by atoms with E-state index in [1.165, 1.54) is 89.9 Å². The van der Waals surface area contributed by atoms with Crippen LogP contribution >= 0.6 is 0 Å². The molecule has 0 aromatic heterocycles. The van der Waals surface area contributed by atoms with Gasteiger partial charge in [-0.05, 0) is 31.7 Å². The van der Waals surface area contributed by atoms with Crippen LogP contribution in [0.1, 0.15) is 116 Å². The van der Waals surface area contributed by atoms with Gasteiger partial charge >= 0.3 is 0 Å². The summed E-state index contributed by atoms with van der Waals surface area (Å²) in [5.74, 6) is 0.514. The lowest BCUT2D eigenvalue weighted by Gasteiger charge is -2.13. The summed E-state index contributed by atoms with van der Waals surface area (Å²) >= 11 is 0. The number of hydroxylamine groups is 1. The second-order valence-corrected chi connectivity index (χ2v) is 7.88. The number of nitrogens with one attached hydrogen (secondary N) is 1. The number of aliphatic hydroxyl groups excluding tert-OH is 2. The molecular formula is C22H46NO3-. The average molecular weight is 373 g/mol. The van der Waals surface area contributed by atoms with E-state index in [0.717, 1.165) is 25.7 Å². The van der Waals surface area contributed by atoms with Crippen molar-refractivity contribution in [2.75, 3.05) is 19.8 Å². The van der Waals surface area contributed by atoms with Crippen molar-refractivity contribution >= 4 is 0 Å². The highest BCUT2D eigenvalue weighted by atomic mass is 16.5. The zero-order valence-electron chi connectivity index (χ0n) is 17.2. The van der Waals surface area contributed by atoms with Crippen molar-refractivity contribution in [3.8, 4) is 0 Å². The van der Waals surface area contributed by atoms with E-state index < -0.39 is 0 Å². The van der Waals surface area contributed by atoms with Crippen LogP contribution in [0.15, 0.2) is 0 Å². The number of unbranched alkanes of at least 4 members (excludes halogenated alkanes) is 14. The quantitative estimate of drug-likeness (QED) is 0.168. The molecule has 0 heterocycles. The number of hydrogen-bond donors (Lipinski definition) is 3. The number of rotatable bonds is 22. The summed E-state index contributed by atoms with van der Waals surface area (Å²) in [6, 6.07) is 0. The van der Waals surface area contributed by atoms with Crippen LogP contribution in [0.25, 0.3) is 0 Å². The SMILES string of the molecule is [O-]NCCCCCCCCCCCCCCCCCC(CCO)CCO. The Bertz CT molecular complexity index is 246. The zero-order valence-corrected chi connectivity index (χ0v) is 17.2. The standard InChI is InChI=1S/C22H46NO3/c24-20-17-22(18-21-25)16-14-12-10-8-6-4-2-1-3-5-7-9-11-13-15-19-23-26/h22-25H,1-21H2/q-1. The highest BCUT2D eigenvalue weighted by Crippen LogP contribution is 2.18. The minimum absolute atomic E-state index is 0.255. The van der Waals surface area contributed by atoms with Gasteiger partial charge in [-0.15, -0.1) is 0 Å². The van der Waals surface area contributed by atoms with Gasteiger partial charge in [-0.1, -0.05) is 96.3 Å². The largest absolute Gasteiger partial charge is 0.788 e. The van der Waals surface area contributed by atoms with Crippen LogP contribution in [0.2, 0.25) is 0 Å². The maximum absolute atomic E-state index is 10.1. The summed E-state index contributed by atoms with van der Waals surface area (Å²) in [6.45, 7) is 1.13. The molecule has 0 aliphatic heterocycles. The number of aliphatic hydroxyl groups is 2. The fourth-order valence-corrected chi connectivity index (χ4v) is 3.73. The van der Waals surface area contributed by atoms with Gasteiger partial charge in [0.15, 0.2) is 0 Å². The van der Waals surface area contributed by atoms with E-state index >= 15 is 0 Å². The van der Waals surface area contributed by atoms with Gasteiger partial charge in [0.1, 0.15) is 0 Å². The van der Waals surface area contributed by atoms with Gasteiger partial charge in [0, 0.05) is 13.2 Å². The van der Waals surface area contributed by atoms with Crippen LogP contribution in [0.3, 0.4) is 0 Å². The molecule has 0 saturated carbocycles. The summed E-state index contributed by atoms with van der Waals surface area (Å²) in [4.78, 5) is 0. The Hall–Kier alpha value is -0.160. The first kappa shape index (κ1) is 25.8. The summed E-state index contributed by atoms with van der Waals surface area (Å²) in [7, 11) is 0. The van der Waals surface area contributed by atoms with Crippen LogP contribution in [0.4, 0.5) is 0 Å². The maximum atomic E-state index is 10.1. The lowest BCUT2D eigenvalue weighted by molar-refractivity contribution is 0.207. The van der Waals surface area contributed by atoms with Gasteiger partial charge < -0.3 is 20.9 Å². The topological polar surface area (TPSA) is 75.5 Å². The Balaban J connectivity index is 3.13. The average Bonchev–Trinajstić information content (AvgIpc) is 2.64. The molecule has 0 atom stereocenters. The maximum Gasteiger partial charge on any atom is 0.0433 e. The predicted molar refractivity (Wildman–Crippen MR) is 112 cm³/mol. The fourth-order valence-electron chi connectivity index (χ4n) is 3.73. The van der Waals surface area contributed by atoms with Crippen molar-refractivity contribution in [2.24, 2.45) is 5.92 Å². The first-order chi connectivity index (χ1) is 12.8. The summed E-state index contributed by atoms with van der Waals surface area (Å²) in [5, 5.41) is 28.1. The van der Waals surface area contributed by atoms with E-state index in [0.29, 0.717) is 12.5 Å². The third kappa shape index (κ3) is 20.2. The second-order valence-electron chi connectivity index (χ2n) is 7.88. The molecule has 0 saturated heterocycles. The van der Waals surface area contributed by atoms with E-state index in [2.05, 4.69) is 0 Å². The molecule has 4 nitrogen and oxygen atoms in total. The predicted octanol–water partition coefficient (Wildman–Crippen LogP) is 5.70. The van der Waals surface area contributed by atoms with Crippen molar-refractivity contribution < 1.29 is 10.2 Å². The van der Waals surface area contributed by atoms with Crippen molar-refractivity contribution in [2.45, 2.75) is 116 Å². The summed E-state index contributed by atoms with van der Waals surface area (Å²) < 4.78 is 0. The fraction of sp³-hybridized carbons (Fsp3) is 1.00. The van der Waals surface area contributed by atoms with Gasteiger partial charge in [0.2, 0.25) is 0 Å². The molecule has 0 aliphatic carbocycles. The minimum Gasteiger partial charge on any atom is -0.788 e. The first-order valence-electron chi connectivity index (χ1n) is 11.4. The van der Waals surface area contributed by atoms with Gasteiger partial charge in [0.25, 0.3) is 0 Å². The molecule has 0 radical (unpaired) electrons. The molecule has 0 aromatic carbocycles. The third-order valence-electron chi connectivity index (χ3n) is 5.47. The molecule has 4 heteroatoms. The molecule has 26 heavy (non-hydrogen) atoms. The Morgan fingerprint density at radius 2 is 0.846 bits per heavy atom. The van der Waals surface area contributed by atoms with Gasteiger partial charge in [0.05, 0.1) is 0 Å². The van der Waals surface area contributed by atoms with Crippen molar-refractivity contribution in [3.63, 3.8) is 0 Å². The highest BCUT2D eigenvalue weighted by molar-refractivity contribution is 4.59. The Morgan fingerprint density at radius 1 is 0.500 bits per heavy atom. The van der Waals surface area contributed by atoms with Gasteiger partial charge in [-0.2, -0.15) is 0 Å². The second kappa shape index (κ2) is 22.9. The number of hydrogen-bond acceptors (Lipinski definition) is 4. The third-order valence-corrected chi connectivity index (χ3v) is 5.47. The molecule has 0 amide bonds. The van der Waals surface area contributed by atoms with Gasteiger partial charge in [-0.25, -0.2) is 0 Å². The molecule has 0 spiro atoms. The van der Waals surface area contributed by atoms with Crippen LogP contribution in [-0.4, -0.2) is 30.0 Å². The molecule has 3 N–H and O–H groups in total. The zero-order chi connectivity index (χ0) is 19.1. The van der Waals surface area contributed by atoms with Gasteiger partial charge in [-0.3, -0.25) is 0 Å². The lowest BCUT2D eigenvalue weighted by atomic mass is 9.94. The smallest absolute Gasteiger partial charge is 0.0433 e. The van der Waals surface area contributed by atoms with Crippen LogP contribution in [0, 0.1) is 11.1 Å². The molecule has 0 aromatic rings. The Labute approximate surface area is 162 Å². The van der Waals surface area contributed by atoms with E-state index in [1.807, 2.05) is 5.48 Å². The van der Waals surface area contributed by atoms with Crippen LogP contribution in [0.5, 0.6) is 0 Å². The monoisotopic (exact) mass is 372 g/mol. The molecule has 158 valence electrons. The summed E-state index contributed by atoms with van der Waals surface area (Å²) in [5.41, 5.74) is 1.96. The summed E-state index contributed by atoms with van der Waals surface area (Å²) in [6.07, 6.45) is 22.6. The molecule has 0 bridgehead atoms. The molecule has 0 unspecified atom stereocenters. The van der Waals surface area contributed by atoms with Crippen LogP contribution < -0.4 is 5.48 Å². The van der Waals surface area contributed by atoms with Crippen LogP contribution in [-0.2, 0) is 0 Å². The van der Waals surface area contributed by atoms with E-state index in [1.54, 1.807) is 0 Å². The minimum atomic E-state index is 0.255. The lowest BCUT2D eigenvalue weighted by Crippen LogP contribution is -2.05. The Kier molecular flexibility index (Phi) is 22.7. The first-order valence-corrected chi connectivity index (χ1v) is 11.4.